The molecule has 2 aromatic rings. The highest BCUT2D eigenvalue weighted by Gasteiger charge is 2.27. The molecule has 1 saturated heterocycles. The second-order valence-electron chi connectivity index (χ2n) is 7.04. The van der Waals surface area contributed by atoms with Crippen LogP contribution in [0.15, 0.2) is 48.0 Å². The Morgan fingerprint density at radius 2 is 1.93 bits per heavy atom. The molecule has 4 rings (SSSR count). The molecule has 0 aromatic heterocycles. The number of piperidine rings is 1. The summed E-state index contributed by atoms with van der Waals surface area (Å²) in [5.41, 5.74) is 5.69. The number of likely N-dealkylation sites (tertiary alicyclic amines) is 1. The van der Waals surface area contributed by atoms with Crippen molar-refractivity contribution in [1.29, 1.82) is 0 Å². The molecule has 140 valence electrons. The predicted molar refractivity (Wildman–Crippen MR) is 103 cm³/mol. The Labute approximate surface area is 158 Å². The zero-order valence-corrected chi connectivity index (χ0v) is 15.4. The molecule has 0 spiro atoms. The average Bonchev–Trinajstić information content (AvgIpc) is 2.84. The zero-order valence-electron chi connectivity index (χ0n) is 15.4. The lowest BCUT2D eigenvalue weighted by Crippen LogP contribution is -2.27. The molecule has 0 aliphatic carbocycles. The third-order valence-electron chi connectivity index (χ3n) is 5.20. The third kappa shape index (κ3) is 3.55. The first-order valence-corrected chi connectivity index (χ1v) is 9.23. The summed E-state index contributed by atoms with van der Waals surface area (Å²) in [6.07, 6.45) is 1.96. The number of carboxylic acid groups (broad SMARTS) is 1. The van der Waals surface area contributed by atoms with Crippen molar-refractivity contribution in [3.05, 3.63) is 64.7 Å². The Morgan fingerprint density at radius 3 is 2.70 bits per heavy atom. The fourth-order valence-electron chi connectivity index (χ4n) is 3.82. The molecular weight excluding hydrogens is 342 g/mol. The van der Waals surface area contributed by atoms with Crippen LogP contribution in [0.1, 0.15) is 29.5 Å². The molecule has 5 heteroatoms. The minimum Gasteiger partial charge on any atom is -0.488 e. The Morgan fingerprint density at radius 1 is 1.15 bits per heavy atom. The largest absolute Gasteiger partial charge is 0.488 e. The van der Waals surface area contributed by atoms with Crippen molar-refractivity contribution in [2.45, 2.75) is 19.4 Å². The molecule has 2 aromatic carbocycles. The molecule has 0 bridgehead atoms. The van der Waals surface area contributed by atoms with Crippen molar-refractivity contribution in [2.24, 2.45) is 0 Å². The number of aliphatic carboxylic acids is 1. The lowest BCUT2D eigenvalue weighted by atomic mass is 9.86. The van der Waals surface area contributed by atoms with Gasteiger partial charge in [-0.1, -0.05) is 35.9 Å². The van der Waals surface area contributed by atoms with Gasteiger partial charge in [-0.25, -0.2) is 4.79 Å². The van der Waals surface area contributed by atoms with Gasteiger partial charge in [0.15, 0.2) is 6.61 Å². The molecule has 2 aliphatic heterocycles. The van der Waals surface area contributed by atoms with Crippen molar-refractivity contribution in [2.75, 3.05) is 26.7 Å². The van der Waals surface area contributed by atoms with Crippen molar-refractivity contribution < 1.29 is 19.4 Å². The van der Waals surface area contributed by atoms with Gasteiger partial charge in [-0.2, -0.15) is 0 Å². The van der Waals surface area contributed by atoms with Gasteiger partial charge in [0.1, 0.15) is 18.1 Å². The van der Waals surface area contributed by atoms with Gasteiger partial charge in [-0.15, -0.1) is 0 Å². The van der Waals surface area contributed by atoms with E-state index in [1.54, 1.807) is 0 Å². The van der Waals surface area contributed by atoms with Crippen LogP contribution in [0.5, 0.6) is 11.5 Å². The van der Waals surface area contributed by atoms with E-state index >= 15 is 0 Å². The Hall–Kier alpha value is -2.79. The Balaban J connectivity index is 1.91. The number of hydrogen-bond acceptors (Lipinski definition) is 4. The highest BCUT2D eigenvalue weighted by molar-refractivity contribution is 5.90. The number of nitrogens with zero attached hydrogens (tertiary/aromatic N) is 1. The lowest BCUT2D eigenvalue weighted by molar-refractivity contribution is -0.139. The first-order chi connectivity index (χ1) is 13.1. The summed E-state index contributed by atoms with van der Waals surface area (Å²) in [5.74, 6) is 0.319. The first-order valence-electron chi connectivity index (χ1n) is 9.23. The van der Waals surface area contributed by atoms with E-state index in [9.17, 15) is 4.79 Å². The fraction of sp³-hybridized carbons (Fsp3) is 0.318. The fourth-order valence-corrected chi connectivity index (χ4v) is 3.82. The van der Waals surface area contributed by atoms with Crippen LogP contribution in [0.25, 0.3) is 5.57 Å². The molecule has 0 atom stereocenters. The summed E-state index contributed by atoms with van der Waals surface area (Å²) in [4.78, 5) is 13.4. The maximum absolute atomic E-state index is 11.1. The van der Waals surface area contributed by atoms with Gasteiger partial charge in [-0.3, -0.25) is 0 Å². The highest BCUT2D eigenvalue weighted by Crippen LogP contribution is 2.45. The molecule has 1 fully saturated rings. The number of fused-ring (bicyclic) bond motifs is 2. The van der Waals surface area contributed by atoms with E-state index in [1.807, 2.05) is 30.3 Å². The Bertz CT molecular complexity index is 893. The average molecular weight is 365 g/mol. The van der Waals surface area contributed by atoms with Crippen LogP contribution in [0.3, 0.4) is 0 Å². The standard InChI is InChI=1S/C22H23NO4/c1-23-11-9-15(10-12-23)21-17-6-3-2-5-16(17)13-26-18-7-4-8-19(22(18)21)27-14-20(24)25/h2-8H,9-14H2,1H3,(H,24,25). The van der Waals surface area contributed by atoms with Crippen molar-refractivity contribution in [1.82, 2.24) is 4.90 Å². The molecule has 0 amide bonds. The van der Waals surface area contributed by atoms with Crippen molar-refractivity contribution in [3.63, 3.8) is 0 Å². The van der Waals surface area contributed by atoms with Crippen molar-refractivity contribution in [3.8, 4) is 11.5 Å². The molecule has 2 aliphatic rings. The summed E-state index contributed by atoms with van der Waals surface area (Å²) >= 11 is 0. The second-order valence-corrected chi connectivity index (χ2v) is 7.04. The molecule has 2 heterocycles. The summed E-state index contributed by atoms with van der Waals surface area (Å²) in [7, 11) is 2.14. The van der Waals surface area contributed by atoms with Gasteiger partial charge < -0.3 is 19.5 Å². The number of hydrogen-bond donors (Lipinski definition) is 1. The van der Waals surface area contributed by atoms with E-state index in [1.165, 1.54) is 5.57 Å². The number of rotatable bonds is 3. The SMILES string of the molecule is CN1CCC(=C2c3ccccc3COc3cccc(OCC(=O)O)c32)CC1. The maximum Gasteiger partial charge on any atom is 0.341 e. The van der Waals surface area contributed by atoms with Crippen LogP contribution in [0.2, 0.25) is 0 Å². The van der Waals surface area contributed by atoms with E-state index in [-0.39, 0.29) is 6.61 Å². The van der Waals surface area contributed by atoms with Gasteiger partial charge in [0, 0.05) is 13.1 Å². The second kappa shape index (κ2) is 7.45. The predicted octanol–water partition coefficient (Wildman–Crippen LogP) is 3.57. The monoisotopic (exact) mass is 365 g/mol. The number of carboxylic acids is 1. The summed E-state index contributed by atoms with van der Waals surface area (Å²) in [5, 5.41) is 9.06. The molecule has 0 radical (unpaired) electrons. The van der Waals surface area contributed by atoms with Crippen LogP contribution in [-0.4, -0.2) is 42.7 Å². The van der Waals surface area contributed by atoms with Gasteiger partial charge in [0.05, 0.1) is 5.56 Å². The number of ether oxygens (including phenoxy) is 2. The molecule has 0 saturated carbocycles. The van der Waals surface area contributed by atoms with E-state index in [0.717, 1.165) is 53.9 Å². The van der Waals surface area contributed by atoms with Crippen LogP contribution >= 0.6 is 0 Å². The molecule has 0 unspecified atom stereocenters. The minimum absolute atomic E-state index is 0.372. The van der Waals surface area contributed by atoms with Gasteiger partial charge in [0.25, 0.3) is 0 Å². The van der Waals surface area contributed by atoms with Crippen molar-refractivity contribution >= 4 is 11.5 Å². The minimum atomic E-state index is -0.990. The molecule has 5 nitrogen and oxygen atoms in total. The van der Waals surface area contributed by atoms with E-state index in [2.05, 4.69) is 24.1 Å². The van der Waals surface area contributed by atoms with E-state index < -0.39 is 5.97 Å². The summed E-state index contributed by atoms with van der Waals surface area (Å²) in [6.45, 7) is 2.14. The molecule has 1 N–H and O–H groups in total. The van der Waals surface area contributed by atoms with Gasteiger partial charge in [-0.05, 0) is 48.7 Å². The number of benzene rings is 2. The Kier molecular flexibility index (Phi) is 4.86. The van der Waals surface area contributed by atoms with Crippen LogP contribution in [0, 0.1) is 0 Å². The summed E-state index contributed by atoms with van der Waals surface area (Å²) < 4.78 is 11.7. The zero-order chi connectivity index (χ0) is 18.8. The smallest absolute Gasteiger partial charge is 0.341 e. The topological polar surface area (TPSA) is 59.0 Å². The van der Waals surface area contributed by atoms with E-state index in [0.29, 0.717) is 12.4 Å². The third-order valence-corrected chi connectivity index (χ3v) is 5.20. The lowest BCUT2D eigenvalue weighted by Gasteiger charge is -2.27. The maximum atomic E-state index is 11.1. The normalized spacial score (nSPS) is 16.8. The summed E-state index contributed by atoms with van der Waals surface area (Å²) in [6, 6.07) is 13.9. The quantitative estimate of drug-likeness (QED) is 0.901. The molecule has 27 heavy (non-hydrogen) atoms. The highest BCUT2D eigenvalue weighted by atomic mass is 16.5. The van der Waals surface area contributed by atoms with Crippen LogP contribution < -0.4 is 9.47 Å². The molecular formula is C22H23NO4. The first kappa shape index (κ1) is 17.6. The van der Waals surface area contributed by atoms with Crippen LogP contribution in [0.4, 0.5) is 0 Å². The van der Waals surface area contributed by atoms with Gasteiger partial charge >= 0.3 is 5.97 Å². The van der Waals surface area contributed by atoms with Gasteiger partial charge in [0.2, 0.25) is 0 Å². The van der Waals surface area contributed by atoms with Crippen LogP contribution in [-0.2, 0) is 11.4 Å². The van der Waals surface area contributed by atoms with E-state index in [4.69, 9.17) is 14.6 Å². The number of carbonyl (C=O) groups is 1.